The van der Waals surface area contributed by atoms with Gasteiger partial charge in [-0.15, -0.1) is 0 Å². The van der Waals surface area contributed by atoms with Gasteiger partial charge >= 0.3 is 0 Å². The van der Waals surface area contributed by atoms with Gasteiger partial charge in [0.05, 0.1) is 5.69 Å². The van der Waals surface area contributed by atoms with Crippen molar-refractivity contribution in [3.63, 3.8) is 0 Å². The highest BCUT2D eigenvalue weighted by Gasteiger charge is 2.13. The molecule has 3 aromatic rings. The lowest BCUT2D eigenvalue weighted by molar-refractivity contribution is 0.0977. The molecule has 1 amide bonds. The molecule has 32 heavy (non-hydrogen) atoms. The van der Waals surface area contributed by atoms with Crippen LogP contribution in [0.15, 0.2) is 53.5 Å². The fourth-order valence-corrected chi connectivity index (χ4v) is 3.78. The quantitative estimate of drug-likeness (QED) is 0.384. The fraction of sp³-hybridized carbons (Fsp3) is 0.320. The molecule has 0 unspecified atom stereocenters. The summed E-state index contributed by atoms with van der Waals surface area (Å²) in [7, 11) is 0. The van der Waals surface area contributed by atoms with Crippen molar-refractivity contribution in [3.8, 4) is 0 Å². The van der Waals surface area contributed by atoms with Crippen molar-refractivity contribution >= 4 is 29.2 Å². The number of para-hydroxylation sites is 1. The molecule has 0 saturated heterocycles. The van der Waals surface area contributed by atoms with Crippen molar-refractivity contribution in [1.29, 1.82) is 0 Å². The van der Waals surface area contributed by atoms with Crippen LogP contribution in [0.2, 0.25) is 5.02 Å². The van der Waals surface area contributed by atoms with E-state index in [1.54, 1.807) is 24.3 Å². The van der Waals surface area contributed by atoms with E-state index in [2.05, 4.69) is 42.6 Å². The molecule has 0 atom stereocenters. The van der Waals surface area contributed by atoms with Crippen LogP contribution >= 0.6 is 11.6 Å². The maximum Gasteiger partial charge on any atom is 0.257 e. The summed E-state index contributed by atoms with van der Waals surface area (Å²) in [6.07, 6.45) is 1.62. The lowest BCUT2D eigenvalue weighted by Gasteiger charge is -2.14. The minimum atomic E-state index is -0.243. The molecule has 0 bridgehead atoms. The van der Waals surface area contributed by atoms with Crippen molar-refractivity contribution in [3.05, 3.63) is 81.6 Å². The van der Waals surface area contributed by atoms with Gasteiger partial charge in [-0.1, -0.05) is 36.7 Å². The number of carbonyl (C=O) groups is 1. The lowest BCUT2D eigenvalue weighted by Crippen LogP contribution is -2.36. The first-order valence-corrected chi connectivity index (χ1v) is 11.3. The fourth-order valence-electron chi connectivity index (χ4n) is 3.65. The number of carbonyl (C=O) groups excluding carboxylic acids is 1. The summed E-state index contributed by atoms with van der Waals surface area (Å²) >= 11 is 5.95. The maximum atomic E-state index is 12.8. The Labute approximate surface area is 194 Å². The smallest absolute Gasteiger partial charge is 0.257 e. The zero-order valence-electron chi connectivity index (χ0n) is 19.1. The standard InChI is InChI=1S/C25H30ClN5O/c1-5-19-9-7-8-10-23(19)28-25(29-24(32)20-11-13-21(26)14-12-20)27-16-15-22-17(3)30-31(6-2)18(22)4/h7-14H,5-6,15-16H2,1-4H3,(H2,27,28,29,32). The predicted octanol–water partition coefficient (Wildman–Crippen LogP) is 5.18. The number of benzene rings is 2. The van der Waals surface area contributed by atoms with Crippen LogP contribution in [-0.4, -0.2) is 28.2 Å². The van der Waals surface area contributed by atoms with E-state index in [0.29, 0.717) is 23.1 Å². The van der Waals surface area contributed by atoms with Crippen LogP contribution in [0.5, 0.6) is 0 Å². The van der Waals surface area contributed by atoms with Gasteiger partial charge in [0.2, 0.25) is 5.96 Å². The van der Waals surface area contributed by atoms with Crippen molar-refractivity contribution in [2.45, 2.75) is 47.1 Å². The third-order valence-electron chi connectivity index (χ3n) is 5.45. The number of nitrogens with zero attached hydrogens (tertiary/aromatic N) is 3. The predicted molar refractivity (Wildman–Crippen MR) is 132 cm³/mol. The van der Waals surface area contributed by atoms with E-state index in [9.17, 15) is 4.79 Å². The maximum absolute atomic E-state index is 12.8. The van der Waals surface area contributed by atoms with Gasteiger partial charge in [0.25, 0.3) is 5.91 Å². The highest BCUT2D eigenvalue weighted by atomic mass is 35.5. The van der Waals surface area contributed by atoms with Gasteiger partial charge < -0.3 is 5.32 Å². The Kier molecular flexibility index (Phi) is 8.06. The molecule has 0 aliphatic heterocycles. The number of nitrogens with one attached hydrogen (secondary N) is 2. The Balaban J connectivity index is 1.81. The second-order valence-electron chi connectivity index (χ2n) is 7.54. The van der Waals surface area contributed by atoms with Gasteiger partial charge in [-0.25, -0.2) is 0 Å². The molecular weight excluding hydrogens is 422 g/mol. The summed E-state index contributed by atoms with van der Waals surface area (Å²) in [6, 6.07) is 14.8. The monoisotopic (exact) mass is 451 g/mol. The molecule has 0 fully saturated rings. The number of aromatic nitrogens is 2. The van der Waals surface area contributed by atoms with Crippen LogP contribution in [0.1, 0.15) is 46.7 Å². The summed E-state index contributed by atoms with van der Waals surface area (Å²) in [5.41, 5.74) is 5.98. The van der Waals surface area contributed by atoms with E-state index in [1.165, 1.54) is 5.56 Å². The number of guanidine groups is 1. The summed E-state index contributed by atoms with van der Waals surface area (Å²) in [6.45, 7) is 9.66. The number of aliphatic imine (C=N–C) groups is 1. The van der Waals surface area contributed by atoms with Crippen LogP contribution in [0.4, 0.5) is 5.69 Å². The first-order chi connectivity index (χ1) is 15.4. The van der Waals surface area contributed by atoms with Gasteiger partial charge in [0.15, 0.2) is 0 Å². The number of anilines is 1. The van der Waals surface area contributed by atoms with E-state index in [1.807, 2.05) is 29.8 Å². The van der Waals surface area contributed by atoms with Crippen LogP contribution in [0.3, 0.4) is 0 Å². The molecular formula is C25H30ClN5O. The van der Waals surface area contributed by atoms with Gasteiger partial charge in [-0.05, 0) is 75.1 Å². The molecule has 2 N–H and O–H groups in total. The summed E-state index contributed by atoms with van der Waals surface area (Å²) < 4.78 is 2.01. The van der Waals surface area contributed by atoms with E-state index in [-0.39, 0.29) is 5.91 Å². The average Bonchev–Trinajstić information content (AvgIpc) is 3.07. The van der Waals surface area contributed by atoms with E-state index < -0.39 is 0 Å². The highest BCUT2D eigenvalue weighted by Crippen LogP contribution is 2.16. The first kappa shape index (κ1) is 23.5. The summed E-state index contributed by atoms with van der Waals surface area (Å²) in [5, 5.41) is 11.4. The molecule has 3 rings (SSSR count). The number of hydrogen-bond donors (Lipinski definition) is 2. The molecule has 0 aliphatic carbocycles. The molecule has 0 aliphatic rings. The molecule has 0 spiro atoms. The molecule has 6 nitrogen and oxygen atoms in total. The first-order valence-electron chi connectivity index (χ1n) is 10.9. The Bertz CT molecular complexity index is 1100. The third-order valence-corrected chi connectivity index (χ3v) is 5.70. The minimum absolute atomic E-state index is 0.243. The molecule has 168 valence electrons. The number of halogens is 1. The van der Waals surface area contributed by atoms with Gasteiger partial charge in [0.1, 0.15) is 0 Å². The van der Waals surface area contributed by atoms with Crippen molar-refractivity contribution in [2.24, 2.45) is 4.99 Å². The number of aryl methyl sites for hydroxylation is 3. The Morgan fingerprint density at radius 1 is 1.09 bits per heavy atom. The zero-order valence-corrected chi connectivity index (χ0v) is 19.8. The minimum Gasteiger partial charge on any atom is -0.326 e. The van der Waals surface area contributed by atoms with Crippen molar-refractivity contribution < 1.29 is 4.79 Å². The largest absolute Gasteiger partial charge is 0.326 e. The van der Waals surface area contributed by atoms with Crippen molar-refractivity contribution in [1.82, 2.24) is 15.1 Å². The SMILES string of the molecule is CCc1ccccc1NC(=NCCc1c(C)nn(CC)c1C)NC(=O)c1ccc(Cl)cc1. The molecule has 0 radical (unpaired) electrons. The highest BCUT2D eigenvalue weighted by molar-refractivity contribution is 6.30. The van der Waals surface area contributed by atoms with Crippen LogP contribution in [0, 0.1) is 13.8 Å². The topological polar surface area (TPSA) is 71.3 Å². The zero-order chi connectivity index (χ0) is 23.1. The van der Waals surface area contributed by atoms with Crippen LogP contribution in [-0.2, 0) is 19.4 Å². The number of amides is 1. The molecule has 7 heteroatoms. The third kappa shape index (κ3) is 5.77. The number of rotatable bonds is 7. The molecule has 1 heterocycles. The van der Waals surface area contributed by atoms with E-state index in [4.69, 9.17) is 16.6 Å². The van der Waals surface area contributed by atoms with Gasteiger partial charge in [0, 0.05) is 35.1 Å². The van der Waals surface area contributed by atoms with Gasteiger partial charge in [-0.2, -0.15) is 5.10 Å². The van der Waals surface area contributed by atoms with Gasteiger partial charge in [-0.3, -0.25) is 19.8 Å². The van der Waals surface area contributed by atoms with Crippen molar-refractivity contribution in [2.75, 3.05) is 11.9 Å². The summed E-state index contributed by atoms with van der Waals surface area (Å²) in [5.74, 6) is 0.178. The Hall–Kier alpha value is -3.12. The average molecular weight is 452 g/mol. The Morgan fingerprint density at radius 2 is 1.81 bits per heavy atom. The van der Waals surface area contributed by atoms with Crippen LogP contribution in [0.25, 0.3) is 0 Å². The summed E-state index contributed by atoms with van der Waals surface area (Å²) in [4.78, 5) is 17.5. The van der Waals surface area contributed by atoms with Crippen LogP contribution < -0.4 is 10.6 Å². The second kappa shape index (κ2) is 11.0. The van der Waals surface area contributed by atoms with E-state index in [0.717, 1.165) is 42.0 Å². The normalized spacial score (nSPS) is 11.5. The number of hydrogen-bond acceptors (Lipinski definition) is 3. The molecule has 2 aromatic carbocycles. The van der Waals surface area contributed by atoms with E-state index >= 15 is 0 Å². The molecule has 1 aromatic heterocycles. The lowest BCUT2D eigenvalue weighted by atomic mass is 10.1. The molecule has 0 saturated carbocycles. The Morgan fingerprint density at radius 3 is 2.47 bits per heavy atom. The second-order valence-corrected chi connectivity index (χ2v) is 7.98.